The van der Waals surface area contributed by atoms with Crippen molar-refractivity contribution in [3.63, 3.8) is 0 Å². The van der Waals surface area contributed by atoms with E-state index >= 15 is 0 Å². The van der Waals surface area contributed by atoms with Gasteiger partial charge in [0.2, 0.25) is 29.5 Å². The van der Waals surface area contributed by atoms with Crippen LogP contribution in [0.5, 0.6) is 0 Å². The molecule has 0 aliphatic rings. The van der Waals surface area contributed by atoms with Crippen molar-refractivity contribution in [3.05, 3.63) is 0 Å². The van der Waals surface area contributed by atoms with Gasteiger partial charge in [-0.25, -0.2) is 0 Å². The number of carbonyl (C=O) groups excluding carboxylic acids is 5. The van der Waals surface area contributed by atoms with Gasteiger partial charge in [-0.2, -0.15) is 0 Å². The van der Waals surface area contributed by atoms with Crippen LogP contribution in [0.3, 0.4) is 0 Å². The molecule has 0 aromatic heterocycles. The molecule has 0 aliphatic heterocycles. The first-order valence-corrected chi connectivity index (χ1v) is 16.0. The van der Waals surface area contributed by atoms with Crippen LogP contribution in [0.2, 0.25) is 0 Å². The third-order valence-corrected chi connectivity index (χ3v) is 7.06. The third kappa shape index (κ3) is 23.9. The van der Waals surface area contributed by atoms with Gasteiger partial charge < -0.3 is 38.5 Å². The highest BCUT2D eigenvalue weighted by Gasteiger charge is 2.20. The first kappa shape index (κ1) is 39.3. The molecule has 2 atom stereocenters. The summed E-state index contributed by atoms with van der Waals surface area (Å²) in [5.41, 5.74) is 16.5. The molecule has 0 saturated carbocycles. The van der Waals surface area contributed by atoms with Crippen LogP contribution in [-0.2, 0) is 24.0 Å². The Labute approximate surface area is 252 Å². The monoisotopic (exact) mass is 597 g/mol. The predicted molar refractivity (Wildman–Crippen MR) is 166 cm³/mol. The van der Waals surface area contributed by atoms with Crippen LogP contribution in [0.15, 0.2) is 0 Å². The maximum absolute atomic E-state index is 12.8. The summed E-state index contributed by atoms with van der Waals surface area (Å²) in [6.07, 6.45) is 13.8. The SMILES string of the molecule is CC(=O)NCCCCCCCC(=O)NC(CCCCN)C(=O)NCCCCCCCC(=O)NC(CCCCN)C(N)=O. The normalized spacial score (nSPS) is 12.3. The summed E-state index contributed by atoms with van der Waals surface area (Å²) in [7, 11) is 0. The second-order valence-corrected chi connectivity index (χ2v) is 11.0. The summed E-state index contributed by atoms with van der Waals surface area (Å²) in [5, 5.41) is 11.3. The quantitative estimate of drug-likeness (QED) is 0.0662. The summed E-state index contributed by atoms with van der Waals surface area (Å²) in [6, 6.07) is -1.20. The van der Waals surface area contributed by atoms with Gasteiger partial charge in [-0.3, -0.25) is 24.0 Å². The van der Waals surface area contributed by atoms with E-state index in [0.717, 1.165) is 89.9 Å². The number of carbonyl (C=O) groups is 5. The van der Waals surface area contributed by atoms with Gasteiger partial charge >= 0.3 is 0 Å². The Morgan fingerprint density at radius 2 is 0.976 bits per heavy atom. The molecule has 42 heavy (non-hydrogen) atoms. The second kappa shape index (κ2) is 27.1. The molecule has 0 aromatic rings. The Bertz CT molecular complexity index is 766. The molecular formula is C30H59N7O5. The topological polar surface area (TPSA) is 212 Å². The van der Waals surface area contributed by atoms with Crippen molar-refractivity contribution in [2.75, 3.05) is 26.2 Å². The van der Waals surface area contributed by atoms with Gasteiger partial charge in [0.15, 0.2) is 0 Å². The lowest BCUT2D eigenvalue weighted by atomic mass is 10.1. The third-order valence-electron chi connectivity index (χ3n) is 7.06. The summed E-state index contributed by atoms with van der Waals surface area (Å²) in [4.78, 5) is 59.7. The number of rotatable bonds is 28. The molecule has 10 N–H and O–H groups in total. The molecule has 244 valence electrons. The lowest BCUT2D eigenvalue weighted by molar-refractivity contribution is -0.129. The number of primary amides is 1. The van der Waals surface area contributed by atoms with E-state index in [1.54, 1.807) is 0 Å². The van der Waals surface area contributed by atoms with Gasteiger partial charge in [-0.05, 0) is 77.3 Å². The first-order chi connectivity index (χ1) is 20.2. The largest absolute Gasteiger partial charge is 0.368 e. The van der Waals surface area contributed by atoms with E-state index < -0.39 is 18.0 Å². The van der Waals surface area contributed by atoms with Crippen LogP contribution in [-0.4, -0.2) is 67.8 Å². The smallest absolute Gasteiger partial charge is 0.242 e. The number of unbranched alkanes of at least 4 members (excludes halogenated alkanes) is 10. The molecule has 0 radical (unpaired) electrons. The van der Waals surface area contributed by atoms with Crippen molar-refractivity contribution in [1.29, 1.82) is 0 Å². The Hall–Kier alpha value is -2.73. The molecule has 0 aromatic carbocycles. The molecule has 0 heterocycles. The predicted octanol–water partition coefficient (Wildman–Crippen LogP) is 1.63. The summed E-state index contributed by atoms with van der Waals surface area (Å²) in [6.45, 7) is 3.82. The molecule has 0 spiro atoms. The van der Waals surface area contributed by atoms with Crippen molar-refractivity contribution in [2.24, 2.45) is 17.2 Å². The summed E-state index contributed by atoms with van der Waals surface area (Å²) in [5.74, 6) is -0.974. The van der Waals surface area contributed by atoms with Gasteiger partial charge in [-0.15, -0.1) is 0 Å². The Morgan fingerprint density at radius 3 is 1.45 bits per heavy atom. The lowest BCUT2D eigenvalue weighted by Crippen LogP contribution is -2.47. The maximum Gasteiger partial charge on any atom is 0.242 e. The fraction of sp³-hybridized carbons (Fsp3) is 0.833. The van der Waals surface area contributed by atoms with Crippen LogP contribution < -0.4 is 38.5 Å². The zero-order chi connectivity index (χ0) is 31.4. The zero-order valence-electron chi connectivity index (χ0n) is 26.0. The van der Waals surface area contributed by atoms with E-state index in [-0.39, 0.29) is 23.6 Å². The average molecular weight is 598 g/mol. The number of hydrogen-bond donors (Lipinski definition) is 7. The number of nitrogens with two attached hydrogens (primary N) is 3. The van der Waals surface area contributed by atoms with Crippen molar-refractivity contribution >= 4 is 29.5 Å². The molecular weight excluding hydrogens is 538 g/mol. The minimum absolute atomic E-state index is 0.0155. The first-order valence-electron chi connectivity index (χ1n) is 16.0. The number of nitrogens with one attached hydrogen (secondary N) is 4. The van der Waals surface area contributed by atoms with E-state index in [1.807, 2.05) is 0 Å². The van der Waals surface area contributed by atoms with E-state index in [9.17, 15) is 24.0 Å². The molecule has 0 bridgehead atoms. The van der Waals surface area contributed by atoms with Crippen LogP contribution in [0.25, 0.3) is 0 Å². The Kier molecular flexibility index (Phi) is 25.4. The van der Waals surface area contributed by atoms with Gasteiger partial charge in [-0.1, -0.05) is 38.5 Å². The highest BCUT2D eigenvalue weighted by Crippen LogP contribution is 2.08. The van der Waals surface area contributed by atoms with Crippen molar-refractivity contribution in [3.8, 4) is 0 Å². The van der Waals surface area contributed by atoms with Crippen molar-refractivity contribution in [2.45, 2.75) is 135 Å². The molecule has 12 nitrogen and oxygen atoms in total. The fourth-order valence-electron chi connectivity index (χ4n) is 4.55. The van der Waals surface area contributed by atoms with Crippen molar-refractivity contribution in [1.82, 2.24) is 21.3 Å². The van der Waals surface area contributed by atoms with E-state index in [4.69, 9.17) is 17.2 Å². The molecule has 0 rings (SSSR count). The van der Waals surface area contributed by atoms with E-state index in [0.29, 0.717) is 51.9 Å². The van der Waals surface area contributed by atoms with Crippen LogP contribution in [0.4, 0.5) is 0 Å². The van der Waals surface area contributed by atoms with Crippen molar-refractivity contribution < 1.29 is 24.0 Å². The van der Waals surface area contributed by atoms with Gasteiger partial charge in [0.25, 0.3) is 0 Å². The minimum Gasteiger partial charge on any atom is -0.368 e. The standard InChI is InChI=1S/C30H59N7O5/c1-24(38)34-22-14-6-2-4-9-19-28(40)37-26(17-11-13-21-32)30(42)35-23-15-7-3-5-8-18-27(39)36-25(29(33)41)16-10-12-20-31/h25-26H,2-23,31-32H2,1H3,(H2,33,41)(H,34,38)(H,35,42)(H,36,39)(H,37,40). The van der Waals surface area contributed by atoms with Crippen LogP contribution >= 0.6 is 0 Å². The molecule has 0 fully saturated rings. The lowest BCUT2D eigenvalue weighted by Gasteiger charge is -2.18. The van der Waals surface area contributed by atoms with Crippen LogP contribution in [0, 0.1) is 0 Å². The molecule has 12 heteroatoms. The molecule has 0 aliphatic carbocycles. The molecule has 2 unspecified atom stereocenters. The number of hydrogen-bond acceptors (Lipinski definition) is 7. The summed E-state index contributed by atoms with van der Waals surface area (Å²) < 4.78 is 0. The minimum atomic E-state index is -0.644. The molecule has 0 saturated heterocycles. The Balaban J connectivity index is 4.14. The second-order valence-electron chi connectivity index (χ2n) is 11.0. The highest BCUT2D eigenvalue weighted by molar-refractivity contribution is 5.87. The van der Waals surface area contributed by atoms with E-state index in [2.05, 4.69) is 21.3 Å². The maximum atomic E-state index is 12.8. The van der Waals surface area contributed by atoms with Gasteiger partial charge in [0.1, 0.15) is 12.1 Å². The summed E-state index contributed by atoms with van der Waals surface area (Å²) >= 11 is 0. The fourth-order valence-corrected chi connectivity index (χ4v) is 4.55. The van der Waals surface area contributed by atoms with E-state index in [1.165, 1.54) is 6.92 Å². The van der Waals surface area contributed by atoms with Gasteiger partial charge in [0, 0.05) is 32.9 Å². The Morgan fingerprint density at radius 1 is 0.548 bits per heavy atom. The zero-order valence-corrected chi connectivity index (χ0v) is 26.0. The average Bonchev–Trinajstić information content (AvgIpc) is 2.94. The highest BCUT2D eigenvalue weighted by atomic mass is 16.2. The molecule has 5 amide bonds. The van der Waals surface area contributed by atoms with Crippen LogP contribution in [0.1, 0.15) is 122 Å². The van der Waals surface area contributed by atoms with Gasteiger partial charge in [0.05, 0.1) is 0 Å². The number of amides is 5.